The van der Waals surface area contributed by atoms with Crippen molar-refractivity contribution in [1.82, 2.24) is 4.90 Å². The van der Waals surface area contributed by atoms with Gasteiger partial charge < -0.3 is 14.7 Å². The van der Waals surface area contributed by atoms with Gasteiger partial charge in [-0.15, -0.1) is 0 Å². The van der Waals surface area contributed by atoms with E-state index in [1.807, 2.05) is 12.1 Å². The minimum atomic E-state index is -0.852. The molecule has 0 radical (unpaired) electrons. The number of β-amino-alcohol motifs (C(OH)–C–C–N with tert-alkyl or cyclic N) is 1. The predicted molar refractivity (Wildman–Crippen MR) is 95.0 cm³/mol. The summed E-state index contributed by atoms with van der Waals surface area (Å²) >= 11 is 0. The van der Waals surface area contributed by atoms with E-state index in [9.17, 15) is 9.90 Å². The van der Waals surface area contributed by atoms with E-state index < -0.39 is 11.7 Å². The molecule has 0 saturated carbocycles. The summed E-state index contributed by atoms with van der Waals surface area (Å²) in [6.45, 7) is 4.51. The Balaban J connectivity index is 1.76. The molecule has 1 amide bonds. The number of methoxy groups -OCH3 is 1. The van der Waals surface area contributed by atoms with Crippen LogP contribution in [0.25, 0.3) is 10.8 Å². The number of rotatable bonds is 3. The van der Waals surface area contributed by atoms with Crippen LogP contribution in [0.1, 0.15) is 31.7 Å². The molecule has 2 aromatic carbocycles. The van der Waals surface area contributed by atoms with Gasteiger partial charge in [0.15, 0.2) is 0 Å². The molecule has 1 fully saturated rings. The van der Waals surface area contributed by atoms with Crippen LogP contribution < -0.4 is 0 Å². The molecule has 0 spiro atoms. The van der Waals surface area contributed by atoms with E-state index in [2.05, 4.69) is 30.3 Å². The summed E-state index contributed by atoms with van der Waals surface area (Å²) in [6.07, 6.45) is 0.196. The van der Waals surface area contributed by atoms with Crippen molar-refractivity contribution in [2.24, 2.45) is 0 Å². The van der Waals surface area contributed by atoms with Crippen LogP contribution in [0.5, 0.6) is 0 Å². The van der Waals surface area contributed by atoms with Crippen molar-refractivity contribution in [3.8, 4) is 0 Å². The molecule has 0 aliphatic carbocycles. The number of amides is 1. The fourth-order valence-corrected chi connectivity index (χ4v) is 3.41. The standard InChI is InChI=1S/C20H25NO3/c1-20(2,24-3)19(23)21-11-10-17(18(22)13-21)16-9-8-14-6-4-5-7-15(14)12-16/h4-9,12,17-18,22H,10-11,13H2,1-3H3/t17-,18+/m0/s1. The molecule has 1 aliphatic heterocycles. The van der Waals surface area contributed by atoms with E-state index in [-0.39, 0.29) is 11.8 Å². The number of hydrogen-bond acceptors (Lipinski definition) is 3. The first-order chi connectivity index (χ1) is 11.4. The highest BCUT2D eigenvalue weighted by molar-refractivity contribution is 5.85. The fourth-order valence-electron chi connectivity index (χ4n) is 3.41. The zero-order valence-electron chi connectivity index (χ0n) is 14.5. The van der Waals surface area contributed by atoms with Gasteiger partial charge in [-0.2, -0.15) is 0 Å². The van der Waals surface area contributed by atoms with Crippen LogP contribution in [-0.2, 0) is 9.53 Å². The topological polar surface area (TPSA) is 49.8 Å². The maximum absolute atomic E-state index is 12.5. The molecule has 4 nitrogen and oxygen atoms in total. The molecule has 128 valence electrons. The van der Waals surface area contributed by atoms with Crippen LogP contribution >= 0.6 is 0 Å². The molecule has 3 rings (SSSR count). The van der Waals surface area contributed by atoms with Gasteiger partial charge in [-0.05, 0) is 36.6 Å². The third kappa shape index (κ3) is 3.17. The summed E-state index contributed by atoms with van der Waals surface area (Å²) < 4.78 is 5.27. The van der Waals surface area contributed by atoms with Crippen molar-refractivity contribution >= 4 is 16.7 Å². The Labute approximate surface area is 143 Å². The number of likely N-dealkylation sites (tertiary alicyclic amines) is 1. The monoisotopic (exact) mass is 327 g/mol. The Morgan fingerprint density at radius 2 is 1.92 bits per heavy atom. The molecular weight excluding hydrogens is 302 g/mol. The number of aliphatic hydroxyl groups excluding tert-OH is 1. The molecule has 1 N–H and O–H groups in total. The lowest BCUT2D eigenvalue weighted by atomic mass is 9.85. The van der Waals surface area contributed by atoms with E-state index in [0.717, 1.165) is 12.0 Å². The maximum Gasteiger partial charge on any atom is 0.254 e. The van der Waals surface area contributed by atoms with Crippen LogP contribution in [-0.4, -0.2) is 47.8 Å². The van der Waals surface area contributed by atoms with Gasteiger partial charge in [0, 0.05) is 26.1 Å². The summed E-state index contributed by atoms with van der Waals surface area (Å²) in [6, 6.07) is 14.6. The zero-order chi connectivity index (χ0) is 17.3. The molecule has 0 bridgehead atoms. The van der Waals surface area contributed by atoms with Crippen LogP contribution in [0.3, 0.4) is 0 Å². The highest BCUT2D eigenvalue weighted by atomic mass is 16.5. The van der Waals surface area contributed by atoms with Gasteiger partial charge >= 0.3 is 0 Å². The molecule has 1 heterocycles. The van der Waals surface area contributed by atoms with Gasteiger partial charge in [0.1, 0.15) is 5.60 Å². The third-order valence-corrected chi connectivity index (χ3v) is 5.10. The van der Waals surface area contributed by atoms with Gasteiger partial charge in [-0.1, -0.05) is 42.5 Å². The van der Waals surface area contributed by atoms with Gasteiger partial charge in [-0.25, -0.2) is 0 Å². The van der Waals surface area contributed by atoms with Gasteiger partial charge in [0.05, 0.1) is 6.10 Å². The minimum Gasteiger partial charge on any atom is -0.391 e. The van der Waals surface area contributed by atoms with E-state index in [1.54, 1.807) is 18.7 Å². The summed E-state index contributed by atoms with van der Waals surface area (Å²) in [5.74, 6) is -0.00896. The second kappa shape index (κ2) is 6.54. The van der Waals surface area contributed by atoms with E-state index in [1.165, 1.54) is 17.9 Å². The number of benzene rings is 2. The largest absolute Gasteiger partial charge is 0.391 e. The number of nitrogens with zero attached hydrogens (tertiary/aromatic N) is 1. The van der Waals surface area contributed by atoms with Crippen molar-refractivity contribution < 1.29 is 14.6 Å². The van der Waals surface area contributed by atoms with Crippen molar-refractivity contribution in [2.45, 2.75) is 37.9 Å². The molecule has 2 aromatic rings. The van der Waals surface area contributed by atoms with Crippen molar-refractivity contribution in [3.63, 3.8) is 0 Å². The van der Waals surface area contributed by atoms with Crippen LogP contribution in [0, 0.1) is 0 Å². The Kier molecular flexibility index (Phi) is 4.61. The second-order valence-electron chi connectivity index (χ2n) is 7.03. The lowest BCUT2D eigenvalue weighted by Crippen LogP contribution is -2.52. The molecule has 0 unspecified atom stereocenters. The Hall–Kier alpha value is -1.91. The number of hydrogen-bond donors (Lipinski definition) is 1. The normalized spacial score (nSPS) is 21.9. The SMILES string of the molecule is COC(C)(C)C(=O)N1CC[C@@H](c2ccc3ccccc3c2)[C@H](O)C1. The van der Waals surface area contributed by atoms with Gasteiger partial charge in [0.2, 0.25) is 0 Å². The second-order valence-corrected chi connectivity index (χ2v) is 7.03. The average Bonchev–Trinajstić information content (AvgIpc) is 2.60. The minimum absolute atomic E-state index is 0.0595. The van der Waals surface area contributed by atoms with E-state index in [4.69, 9.17) is 4.74 Å². The van der Waals surface area contributed by atoms with Crippen molar-refractivity contribution in [1.29, 1.82) is 0 Å². The summed E-state index contributed by atoms with van der Waals surface area (Å²) in [4.78, 5) is 14.2. The average molecular weight is 327 g/mol. The number of carbonyl (C=O) groups is 1. The highest BCUT2D eigenvalue weighted by Gasteiger charge is 2.37. The summed E-state index contributed by atoms with van der Waals surface area (Å²) in [5.41, 5.74) is 0.287. The van der Waals surface area contributed by atoms with E-state index >= 15 is 0 Å². The Bertz CT molecular complexity index is 740. The number of ether oxygens (including phenoxy) is 1. The first-order valence-electron chi connectivity index (χ1n) is 8.43. The van der Waals surface area contributed by atoms with Gasteiger partial charge in [-0.3, -0.25) is 4.79 Å². The van der Waals surface area contributed by atoms with Gasteiger partial charge in [0.25, 0.3) is 5.91 Å². The molecule has 24 heavy (non-hydrogen) atoms. The predicted octanol–water partition coefficient (Wildman–Crippen LogP) is 2.94. The van der Waals surface area contributed by atoms with Crippen LogP contribution in [0.4, 0.5) is 0 Å². The highest BCUT2D eigenvalue weighted by Crippen LogP contribution is 2.31. The fraction of sp³-hybridized carbons (Fsp3) is 0.450. The smallest absolute Gasteiger partial charge is 0.254 e. The molecule has 1 aliphatic rings. The van der Waals surface area contributed by atoms with Crippen LogP contribution in [0.2, 0.25) is 0 Å². The summed E-state index contributed by atoms with van der Waals surface area (Å²) in [7, 11) is 1.54. The zero-order valence-corrected chi connectivity index (χ0v) is 14.5. The lowest BCUT2D eigenvalue weighted by molar-refractivity contribution is -0.154. The quantitative estimate of drug-likeness (QED) is 0.943. The molecule has 2 atom stereocenters. The number of fused-ring (bicyclic) bond motifs is 1. The lowest BCUT2D eigenvalue weighted by Gasteiger charge is -2.39. The Morgan fingerprint density at radius 1 is 1.21 bits per heavy atom. The van der Waals surface area contributed by atoms with Crippen LogP contribution in [0.15, 0.2) is 42.5 Å². The first kappa shape index (κ1) is 16.9. The number of aliphatic hydroxyl groups is 1. The first-order valence-corrected chi connectivity index (χ1v) is 8.43. The number of piperidine rings is 1. The molecule has 1 saturated heterocycles. The number of carbonyl (C=O) groups excluding carboxylic acids is 1. The van der Waals surface area contributed by atoms with Crippen molar-refractivity contribution in [3.05, 3.63) is 48.0 Å². The maximum atomic E-state index is 12.5. The molecule has 4 heteroatoms. The third-order valence-electron chi connectivity index (χ3n) is 5.10. The Morgan fingerprint density at radius 3 is 2.58 bits per heavy atom. The summed E-state index contributed by atoms with van der Waals surface area (Å²) in [5, 5.41) is 13.0. The molecule has 0 aromatic heterocycles. The van der Waals surface area contributed by atoms with E-state index in [0.29, 0.717) is 13.1 Å². The molecular formula is C20H25NO3. The van der Waals surface area contributed by atoms with Crippen molar-refractivity contribution in [2.75, 3.05) is 20.2 Å².